The Morgan fingerprint density at radius 3 is 2.82 bits per heavy atom. The number of hydrogen-bond acceptors (Lipinski definition) is 4. The van der Waals surface area contributed by atoms with Gasteiger partial charge in [-0.3, -0.25) is 9.59 Å². The molecule has 0 aliphatic heterocycles. The highest BCUT2D eigenvalue weighted by Gasteiger charge is 2.02. The average molecular weight is 236 g/mol. The van der Waals surface area contributed by atoms with Crippen LogP contribution in [0.5, 0.6) is 0 Å². The van der Waals surface area contributed by atoms with Crippen LogP contribution in [0.15, 0.2) is 24.3 Å². The molecule has 1 aromatic rings. The Morgan fingerprint density at radius 1 is 1.41 bits per heavy atom. The highest BCUT2D eigenvalue weighted by Crippen LogP contribution is 2.10. The summed E-state index contributed by atoms with van der Waals surface area (Å²) in [5.74, 6) is -0.680. The van der Waals surface area contributed by atoms with E-state index in [9.17, 15) is 9.59 Å². The molecule has 0 aliphatic rings. The number of hydrogen-bond donors (Lipinski definition) is 2. The molecule has 0 saturated carbocycles. The number of ether oxygens (including phenoxy) is 1. The van der Waals surface area contributed by atoms with Crippen molar-refractivity contribution in [2.45, 2.75) is 12.8 Å². The van der Waals surface area contributed by atoms with Gasteiger partial charge in [0.1, 0.15) is 0 Å². The van der Waals surface area contributed by atoms with Crippen LogP contribution in [0, 0.1) is 0 Å². The molecule has 92 valence electrons. The molecule has 5 nitrogen and oxygen atoms in total. The number of methoxy groups -OCH3 is 1. The lowest BCUT2D eigenvalue weighted by molar-refractivity contribution is -0.140. The Labute approximate surface area is 99.9 Å². The summed E-state index contributed by atoms with van der Waals surface area (Å²) in [6.07, 6.45) is 1.05. The highest BCUT2D eigenvalue weighted by atomic mass is 16.5. The molecule has 0 fully saturated rings. The number of benzene rings is 1. The largest absolute Gasteiger partial charge is 0.469 e. The molecule has 0 aromatic heterocycles. The minimum absolute atomic E-state index is 0.224. The van der Waals surface area contributed by atoms with Crippen LogP contribution in [0.2, 0.25) is 0 Å². The normalized spacial score (nSPS) is 9.71. The summed E-state index contributed by atoms with van der Waals surface area (Å²) in [7, 11) is 1.37. The summed E-state index contributed by atoms with van der Waals surface area (Å²) < 4.78 is 4.53. The quantitative estimate of drug-likeness (QED) is 0.573. The molecule has 1 aromatic carbocycles. The van der Waals surface area contributed by atoms with Crippen LogP contribution < -0.4 is 11.1 Å². The number of esters is 1. The molecule has 0 radical (unpaired) electrons. The Bertz CT molecular complexity index is 404. The first-order chi connectivity index (χ1) is 8.13. The second-order valence-corrected chi connectivity index (χ2v) is 3.55. The molecule has 0 aliphatic carbocycles. The first-order valence-electron chi connectivity index (χ1n) is 5.34. The fourth-order valence-electron chi connectivity index (χ4n) is 1.35. The lowest BCUT2D eigenvalue weighted by Gasteiger charge is -2.06. The number of amides is 1. The number of nitrogens with one attached hydrogen (secondary N) is 1. The smallest absolute Gasteiger partial charge is 0.305 e. The molecular formula is C12H16N2O3. The first-order valence-corrected chi connectivity index (χ1v) is 5.34. The SMILES string of the molecule is COC(=O)CCCNc1cccc(C(N)=O)c1. The van der Waals surface area contributed by atoms with Crippen molar-refractivity contribution < 1.29 is 14.3 Å². The van der Waals surface area contributed by atoms with Crippen LogP contribution >= 0.6 is 0 Å². The van der Waals surface area contributed by atoms with Crippen molar-refractivity contribution in [3.05, 3.63) is 29.8 Å². The second kappa shape index (κ2) is 6.52. The summed E-state index contributed by atoms with van der Waals surface area (Å²) >= 11 is 0. The van der Waals surface area contributed by atoms with Crippen molar-refractivity contribution >= 4 is 17.6 Å². The van der Waals surface area contributed by atoms with Gasteiger partial charge in [-0.25, -0.2) is 0 Å². The van der Waals surface area contributed by atoms with Crippen LogP contribution in [-0.4, -0.2) is 25.5 Å². The van der Waals surface area contributed by atoms with Gasteiger partial charge in [-0.15, -0.1) is 0 Å². The Morgan fingerprint density at radius 2 is 2.18 bits per heavy atom. The third kappa shape index (κ3) is 4.55. The maximum Gasteiger partial charge on any atom is 0.305 e. The summed E-state index contributed by atoms with van der Waals surface area (Å²) in [5.41, 5.74) is 6.44. The number of anilines is 1. The zero-order valence-electron chi connectivity index (χ0n) is 9.73. The third-order valence-corrected chi connectivity index (χ3v) is 2.26. The molecule has 0 unspecified atom stereocenters. The summed E-state index contributed by atoms with van der Waals surface area (Å²) in [5, 5.41) is 3.10. The monoisotopic (exact) mass is 236 g/mol. The van der Waals surface area contributed by atoms with Crippen LogP contribution in [0.3, 0.4) is 0 Å². The van der Waals surface area contributed by atoms with Crippen LogP contribution in [-0.2, 0) is 9.53 Å². The number of carbonyl (C=O) groups excluding carboxylic acids is 2. The predicted octanol–water partition coefficient (Wildman–Crippen LogP) is 1.15. The number of rotatable bonds is 6. The maximum atomic E-state index is 10.9. The van der Waals surface area contributed by atoms with E-state index in [0.717, 1.165) is 5.69 Å². The van der Waals surface area contributed by atoms with Gasteiger partial charge in [0.05, 0.1) is 7.11 Å². The van der Waals surface area contributed by atoms with Gasteiger partial charge in [-0.2, -0.15) is 0 Å². The molecular weight excluding hydrogens is 220 g/mol. The van der Waals surface area contributed by atoms with Gasteiger partial charge in [-0.05, 0) is 24.6 Å². The van der Waals surface area contributed by atoms with Crippen LogP contribution in [0.4, 0.5) is 5.69 Å². The van der Waals surface area contributed by atoms with E-state index < -0.39 is 5.91 Å². The molecule has 1 amide bonds. The van der Waals surface area contributed by atoms with Crippen LogP contribution in [0.25, 0.3) is 0 Å². The Balaban J connectivity index is 2.39. The third-order valence-electron chi connectivity index (χ3n) is 2.26. The molecule has 0 heterocycles. The van der Waals surface area contributed by atoms with Gasteiger partial charge in [0.25, 0.3) is 0 Å². The summed E-state index contributed by atoms with van der Waals surface area (Å²) in [6, 6.07) is 6.93. The standard InChI is InChI=1S/C12H16N2O3/c1-17-11(15)6-3-7-14-10-5-2-4-9(8-10)12(13)16/h2,4-5,8,14H,3,6-7H2,1H3,(H2,13,16). The molecule has 0 spiro atoms. The van der Waals surface area contributed by atoms with Gasteiger partial charge >= 0.3 is 5.97 Å². The molecule has 5 heteroatoms. The second-order valence-electron chi connectivity index (χ2n) is 3.55. The minimum Gasteiger partial charge on any atom is -0.469 e. The lowest BCUT2D eigenvalue weighted by atomic mass is 10.2. The lowest BCUT2D eigenvalue weighted by Crippen LogP contribution is -2.11. The van der Waals surface area contributed by atoms with Gasteiger partial charge in [0.15, 0.2) is 0 Å². The van der Waals surface area contributed by atoms with Crippen molar-refractivity contribution in [2.24, 2.45) is 5.73 Å². The van der Waals surface area contributed by atoms with E-state index in [4.69, 9.17) is 5.73 Å². The van der Waals surface area contributed by atoms with Gasteiger partial charge in [-0.1, -0.05) is 6.07 Å². The van der Waals surface area contributed by atoms with Gasteiger partial charge in [0, 0.05) is 24.2 Å². The zero-order chi connectivity index (χ0) is 12.7. The first kappa shape index (κ1) is 13.0. The Hall–Kier alpha value is -2.04. The predicted molar refractivity (Wildman–Crippen MR) is 64.7 cm³/mol. The molecule has 0 bridgehead atoms. The highest BCUT2D eigenvalue weighted by molar-refractivity contribution is 5.93. The van der Waals surface area contributed by atoms with E-state index in [2.05, 4.69) is 10.1 Å². The van der Waals surface area contributed by atoms with Crippen LogP contribution in [0.1, 0.15) is 23.2 Å². The number of nitrogens with two attached hydrogens (primary N) is 1. The van der Waals surface area contributed by atoms with E-state index in [1.165, 1.54) is 7.11 Å². The number of carbonyl (C=O) groups is 2. The molecule has 17 heavy (non-hydrogen) atoms. The van der Waals surface area contributed by atoms with Crippen molar-refractivity contribution in [1.29, 1.82) is 0 Å². The molecule has 0 atom stereocenters. The van der Waals surface area contributed by atoms with Gasteiger partial charge in [0.2, 0.25) is 5.91 Å². The Kier molecular flexibility index (Phi) is 5.00. The fourth-order valence-corrected chi connectivity index (χ4v) is 1.35. The van der Waals surface area contributed by atoms with E-state index in [0.29, 0.717) is 24.9 Å². The van der Waals surface area contributed by atoms with E-state index in [-0.39, 0.29) is 5.97 Å². The summed E-state index contributed by atoms with van der Waals surface area (Å²) in [6.45, 7) is 0.636. The van der Waals surface area contributed by atoms with E-state index in [1.54, 1.807) is 18.2 Å². The van der Waals surface area contributed by atoms with Gasteiger partial charge < -0.3 is 15.8 Å². The van der Waals surface area contributed by atoms with E-state index in [1.807, 2.05) is 6.07 Å². The maximum absolute atomic E-state index is 10.9. The average Bonchev–Trinajstić information content (AvgIpc) is 2.34. The van der Waals surface area contributed by atoms with Crippen molar-refractivity contribution in [3.8, 4) is 0 Å². The topological polar surface area (TPSA) is 81.4 Å². The number of primary amides is 1. The minimum atomic E-state index is -0.455. The van der Waals surface area contributed by atoms with Crippen molar-refractivity contribution in [1.82, 2.24) is 0 Å². The summed E-state index contributed by atoms with van der Waals surface area (Å²) in [4.78, 5) is 21.8. The zero-order valence-corrected chi connectivity index (χ0v) is 9.73. The fraction of sp³-hybridized carbons (Fsp3) is 0.333. The molecule has 0 saturated heterocycles. The molecule has 1 rings (SSSR count). The van der Waals surface area contributed by atoms with Crippen molar-refractivity contribution in [3.63, 3.8) is 0 Å². The molecule has 3 N–H and O–H groups in total. The van der Waals surface area contributed by atoms with Crippen molar-refractivity contribution in [2.75, 3.05) is 19.0 Å². The van der Waals surface area contributed by atoms with E-state index >= 15 is 0 Å².